The van der Waals surface area contributed by atoms with Gasteiger partial charge in [0.15, 0.2) is 11.9 Å². The molecule has 2 nitrogen and oxygen atoms in total. The zero-order valence-corrected chi connectivity index (χ0v) is 9.26. The molecule has 0 amide bonds. The van der Waals surface area contributed by atoms with Gasteiger partial charge in [-0.2, -0.15) is 0 Å². The van der Waals surface area contributed by atoms with Gasteiger partial charge in [-0.25, -0.2) is 0 Å². The van der Waals surface area contributed by atoms with Gasteiger partial charge in [0.25, 0.3) is 0 Å². The van der Waals surface area contributed by atoms with Crippen LogP contribution in [0.5, 0.6) is 0 Å². The monoisotopic (exact) mass is 224 g/mol. The fourth-order valence-corrected chi connectivity index (χ4v) is 2.57. The number of hydrogen-bond acceptors (Lipinski definition) is 2. The number of hydrogen-bond donors (Lipinski definition) is 1. The summed E-state index contributed by atoms with van der Waals surface area (Å²) in [6.45, 7) is 0. The van der Waals surface area contributed by atoms with Crippen LogP contribution in [0.15, 0.2) is 48.5 Å². The molecule has 2 aromatic carbocycles. The first-order valence-corrected chi connectivity index (χ1v) is 5.61. The van der Waals surface area contributed by atoms with Gasteiger partial charge < -0.3 is 5.11 Å². The lowest BCUT2D eigenvalue weighted by atomic mass is 9.75. The summed E-state index contributed by atoms with van der Waals surface area (Å²) in [5, 5.41) is 10.6. The smallest absolute Gasteiger partial charge is 0.171 e. The average molecular weight is 224 g/mol. The highest BCUT2D eigenvalue weighted by molar-refractivity contribution is 5.76. The summed E-state index contributed by atoms with van der Waals surface area (Å²) in [4.78, 5) is 11.4. The lowest BCUT2D eigenvalue weighted by Crippen LogP contribution is -2.34. The molecule has 1 aliphatic carbocycles. The Morgan fingerprint density at radius 3 is 1.88 bits per heavy atom. The summed E-state index contributed by atoms with van der Waals surface area (Å²) in [6.07, 6.45) is 1.40. The Morgan fingerprint density at radius 2 is 1.41 bits per heavy atom. The first kappa shape index (κ1) is 10.2. The van der Waals surface area contributed by atoms with E-state index in [-0.39, 0.29) is 0 Å². The van der Waals surface area contributed by atoms with Crippen molar-refractivity contribution in [2.45, 2.75) is 12.0 Å². The Hall–Kier alpha value is -1.93. The molecule has 0 saturated heterocycles. The lowest BCUT2D eigenvalue weighted by Gasteiger charge is -2.32. The quantitative estimate of drug-likeness (QED) is 0.752. The second kappa shape index (κ2) is 3.54. The van der Waals surface area contributed by atoms with E-state index >= 15 is 0 Å². The molecule has 0 saturated carbocycles. The minimum absolute atomic E-state index is 0.629. The average Bonchev–Trinajstić information content (AvgIpc) is 2.39. The molecule has 0 bridgehead atoms. The number of aldehydes is 1. The Labute approximate surface area is 99.5 Å². The van der Waals surface area contributed by atoms with Gasteiger partial charge in [-0.05, 0) is 28.7 Å². The second-order valence-corrected chi connectivity index (χ2v) is 4.38. The molecule has 0 radical (unpaired) electrons. The van der Waals surface area contributed by atoms with Crippen molar-refractivity contribution in [2.75, 3.05) is 0 Å². The number of aliphatic hydroxyl groups is 1. The molecule has 0 aromatic heterocycles. The SMILES string of the molecule is O=CC1(O)c2ccccc2Cc2ccccc21. The Bertz CT molecular complexity index is 541. The van der Waals surface area contributed by atoms with Gasteiger partial charge >= 0.3 is 0 Å². The maximum Gasteiger partial charge on any atom is 0.171 e. The number of fused-ring (bicyclic) bond motifs is 2. The highest BCUT2D eigenvalue weighted by atomic mass is 16.3. The Morgan fingerprint density at radius 1 is 0.941 bits per heavy atom. The van der Waals surface area contributed by atoms with Crippen molar-refractivity contribution in [3.05, 3.63) is 70.8 Å². The summed E-state index contributed by atoms with van der Waals surface area (Å²) in [7, 11) is 0. The van der Waals surface area contributed by atoms with E-state index in [2.05, 4.69) is 0 Å². The molecule has 0 heterocycles. The molecule has 0 unspecified atom stereocenters. The van der Waals surface area contributed by atoms with E-state index in [1.807, 2.05) is 48.5 Å². The van der Waals surface area contributed by atoms with Gasteiger partial charge in [0, 0.05) is 0 Å². The highest BCUT2D eigenvalue weighted by Crippen LogP contribution is 2.38. The van der Waals surface area contributed by atoms with Crippen molar-refractivity contribution in [1.82, 2.24) is 0 Å². The Balaban J connectivity index is 2.32. The molecule has 0 aliphatic heterocycles. The fourth-order valence-electron chi connectivity index (χ4n) is 2.57. The molecule has 0 fully saturated rings. The lowest BCUT2D eigenvalue weighted by molar-refractivity contribution is -0.121. The zero-order valence-electron chi connectivity index (χ0n) is 9.26. The second-order valence-electron chi connectivity index (χ2n) is 4.38. The highest BCUT2D eigenvalue weighted by Gasteiger charge is 2.38. The van der Waals surface area contributed by atoms with Crippen LogP contribution >= 0.6 is 0 Å². The third-order valence-corrected chi connectivity index (χ3v) is 3.41. The Kier molecular flexibility index (Phi) is 2.13. The van der Waals surface area contributed by atoms with Crippen molar-refractivity contribution in [1.29, 1.82) is 0 Å². The number of carbonyl (C=O) groups is 1. The summed E-state index contributed by atoms with van der Waals surface area (Å²) in [5.74, 6) is 0. The first-order valence-electron chi connectivity index (χ1n) is 5.61. The molecule has 84 valence electrons. The van der Waals surface area contributed by atoms with Gasteiger partial charge in [-0.3, -0.25) is 4.79 Å². The molecule has 0 spiro atoms. The van der Waals surface area contributed by atoms with Gasteiger partial charge in [-0.15, -0.1) is 0 Å². The van der Waals surface area contributed by atoms with Crippen molar-refractivity contribution in [2.24, 2.45) is 0 Å². The van der Waals surface area contributed by atoms with Gasteiger partial charge in [0.2, 0.25) is 0 Å². The number of carbonyl (C=O) groups excluding carboxylic acids is 1. The van der Waals surface area contributed by atoms with E-state index in [0.717, 1.165) is 17.5 Å². The van der Waals surface area contributed by atoms with E-state index in [0.29, 0.717) is 17.4 Å². The normalized spacial score (nSPS) is 15.8. The first-order chi connectivity index (χ1) is 8.25. The van der Waals surface area contributed by atoms with Crippen LogP contribution in [0.4, 0.5) is 0 Å². The van der Waals surface area contributed by atoms with Crippen LogP contribution in [-0.4, -0.2) is 11.4 Å². The maximum atomic E-state index is 11.4. The third kappa shape index (κ3) is 1.34. The van der Waals surface area contributed by atoms with Crippen LogP contribution in [0.2, 0.25) is 0 Å². The minimum Gasteiger partial charge on any atom is -0.373 e. The molecule has 17 heavy (non-hydrogen) atoms. The van der Waals surface area contributed by atoms with Crippen molar-refractivity contribution in [3.63, 3.8) is 0 Å². The molecule has 1 N–H and O–H groups in total. The zero-order chi connectivity index (χ0) is 11.9. The summed E-state index contributed by atoms with van der Waals surface area (Å²) in [6, 6.07) is 15.1. The number of benzene rings is 2. The van der Waals surface area contributed by atoms with Gasteiger partial charge in [0.05, 0.1) is 0 Å². The molecular formula is C15H12O2. The molecule has 0 atom stereocenters. The summed E-state index contributed by atoms with van der Waals surface area (Å²) >= 11 is 0. The van der Waals surface area contributed by atoms with Crippen LogP contribution < -0.4 is 0 Å². The van der Waals surface area contributed by atoms with E-state index in [4.69, 9.17) is 0 Å². The minimum atomic E-state index is -1.49. The van der Waals surface area contributed by atoms with Crippen molar-refractivity contribution >= 4 is 6.29 Å². The molecule has 3 rings (SSSR count). The van der Waals surface area contributed by atoms with Crippen LogP contribution in [0, 0.1) is 0 Å². The van der Waals surface area contributed by atoms with Gasteiger partial charge in [-0.1, -0.05) is 48.5 Å². The third-order valence-electron chi connectivity index (χ3n) is 3.41. The summed E-state index contributed by atoms with van der Waals surface area (Å²) in [5.41, 5.74) is 1.94. The predicted molar refractivity (Wildman–Crippen MR) is 64.8 cm³/mol. The molecule has 1 aliphatic rings. The van der Waals surface area contributed by atoms with Crippen molar-refractivity contribution in [3.8, 4) is 0 Å². The number of rotatable bonds is 1. The topological polar surface area (TPSA) is 37.3 Å². The molecule has 2 aromatic rings. The van der Waals surface area contributed by atoms with Crippen molar-refractivity contribution < 1.29 is 9.90 Å². The van der Waals surface area contributed by atoms with Crippen LogP contribution in [0.25, 0.3) is 0 Å². The largest absolute Gasteiger partial charge is 0.373 e. The maximum absolute atomic E-state index is 11.4. The van der Waals surface area contributed by atoms with Crippen LogP contribution in [0.1, 0.15) is 22.3 Å². The van der Waals surface area contributed by atoms with E-state index < -0.39 is 5.60 Å². The summed E-state index contributed by atoms with van der Waals surface area (Å²) < 4.78 is 0. The fraction of sp³-hybridized carbons (Fsp3) is 0.133. The van der Waals surface area contributed by atoms with Crippen LogP contribution in [-0.2, 0) is 16.8 Å². The predicted octanol–water partition coefficient (Wildman–Crippen LogP) is 2.03. The van der Waals surface area contributed by atoms with Gasteiger partial charge in [0.1, 0.15) is 0 Å². The van der Waals surface area contributed by atoms with E-state index in [1.165, 1.54) is 0 Å². The standard InChI is InChI=1S/C15H12O2/c16-10-15(17)13-7-3-1-5-11(13)9-12-6-2-4-8-14(12)15/h1-8,10,17H,9H2. The van der Waals surface area contributed by atoms with E-state index in [9.17, 15) is 9.90 Å². The van der Waals surface area contributed by atoms with E-state index in [1.54, 1.807) is 0 Å². The molecular weight excluding hydrogens is 212 g/mol. The molecule has 2 heteroatoms. The van der Waals surface area contributed by atoms with Crippen LogP contribution in [0.3, 0.4) is 0 Å².